The molecule has 0 aromatic heterocycles. The minimum atomic E-state index is 0.0933. The second kappa shape index (κ2) is 4.74. The number of Topliss-reactive ketones (excluding diaryl/α,β-unsaturated/α-hetero) is 1. The standard InChI is InChI=1S/C14H16O/c1-5-12(6-2)14-9-13(11(4)15)8-7-10(14)3/h5-9H,1H2,2-4H3/b12-6+. The van der Waals surface area contributed by atoms with Crippen molar-refractivity contribution in [3.63, 3.8) is 0 Å². The normalized spacial score (nSPS) is 11.3. The van der Waals surface area contributed by atoms with Gasteiger partial charge in [-0.25, -0.2) is 0 Å². The first kappa shape index (κ1) is 11.4. The summed E-state index contributed by atoms with van der Waals surface area (Å²) in [5.41, 5.74) is 4.06. The molecule has 1 nitrogen and oxygen atoms in total. The highest BCUT2D eigenvalue weighted by molar-refractivity contribution is 5.95. The maximum absolute atomic E-state index is 11.3. The van der Waals surface area contributed by atoms with Crippen molar-refractivity contribution in [2.24, 2.45) is 0 Å². The third kappa shape index (κ3) is 2.44. The van der Waals surface area contributed by atoms with Gasteiger partial charge in [-0.05, 0) is 43.5 Å². The molecule has 0 spiro atoms. The quantitative estimate of drug-likeness (QED) is 0.536. The predicted octanol–water partition coefficient (Wildman–Crippen LogP) is 3.79. The van der Waals surface area contributed by atoms with E-state index in [-0.39, 0.29) is 5.78 Å². The number of hydrogen-bond acceptors (Lipinski definition) is 1. The minimum Gasteiger partial charge on any atom is -0.295 e. The number of allylic oxidation sites excluding steroid dienone is 3. The van der Waals surface area contributed by atoms with Gasteiger partial charge in [-0.1, -0.05) is 30.9 Å². The van der Waals surface area contributed by atoms with Gasteiger partial charge < -0.3 is 0 Å². The van der Waals surface area contributed by atoms with Crippen LogP contribution in [0.2, 0.25) is 0 Å². The fourth-order valence-corrected chi connectivity index (χ4v) is 1.54. The van der Waals surface area contributed by atoms with Crippen molar-refractivity contribution < 1.29 is 4.79 Å². The second-order valence-corrected chi connectivity index (χ2v) is 3.53. The summed E-state index contributed by atoms with van der Waals surface area (Å²) in [6.45, 7) is 9.35. The summed E-state index contributed by atoms with van der Waals surface area (Å²) in [5, 5.41) is 0. The highest BCUT2D eigenvalue weighted by Gasteiger charge is 2.05. The lowest BCUT2D eigenvalue weighted by Gasteiger charge is -2.08. The van der Waals surface area contributed by atoms with Gasteiger partial charge >= 0.3 is 0 Å². The Morgan fingerprint density at radius 2 is 2.07 bits per heavy atom. The van der Waals surface area contributed by atoms with Crippen molar-refractivity contribution in [1.82, 2.24) is 0 Å². The third-order valence-corrected chi connectivity index (χ3v) is 2.49. The van der Waals surface area contributed by atoms with E-state index in [1.54, 1.807) is 6.92 Å². The topological polar surface area (TPSA) is 17.1 Å². The van der Waals surface area contributed by atoms with Gasteiger partial charge in [0.25, 0.3) is 0 Å². The van der Waals surface area contributed by atoms with E-state index >= 15 is 0 Å². The van der Waals surface area contributed by atoms with E-state index in [9.17, 15) is 4.79 Å². The Bertz CT molecular complexity index is 425. The molecule has 0 N–H and O–H groups in total. The van der Waals surface area contributed by atoms with Crippen LogP contribution in [0.3, 0.4) is 0 Å². The molecule has 0 saturated heterocycles. The molecule has 0 atom stereocenters. The smallest absolute Gasteiger partial charge is 0.159 e. The van der Waals surface area contributed by atoms with Crippen LogP contribution in [0, 0.1) is 6.92 Å². The molecule has 0 radical (unpaired) electrons. The van der Waals surface area contributed by atoms with E-state index < -0.39 is 0 Å². The third-order valence-electron chi connectivity index (χ3n) is 2.49. The first-order valence-corrected chi connectivity index (χ1v) is 5.01. The van der Waals surface area contributed by atoms with Crippen molar-refractivity contribution in [2.45, 2.75) is 20.8 Å². The minimum absolute atomic E-state index is 0.0933. The molecule has 0 aliphatic heterocycles. The molecule has 0 fully saturated rings. The van der Waals surface area contributed by atoms with E-state index in [1.807, 2.05) is 44.2 Å². The summed E-state index contributed by atoms with van der Waals surface area (Å²) in [6, 6.07) is 5.76. The zero-order valence-electron chi connectivity index (χ0n) is 9.50. The number of carbonyl (C=O) groups is 1. The molecular formula is C14H16O. The molecule has 0 aliphatic rings. The molecular weight excluding hydrogens is 184 g/mol. The molecule has 1 rings (SSSR count). The molecule has 0 aliphatic carbocycles. The Kier molecular flexibility index (Phi) is 3.62. The zero-order chi connectivity index (χ0) is 11.4. The molecule has 0 bridgehead atoms. The number of hydrogen-bond donors (Lipinski definition) is 0. The zero-order valence-corrected chi connectivity index (χ0v) is 9.50. The van der Waals surface area contributed by atoms with Crippen molar-refractivity contribution >= 4 is 11.4 Å². The van der Waals surface area contributed by atoms with Crippen LogP contribution in [-0.4, -0.2) is 5.78 Å². The Hall–Kier alpha value is -1.63. The van der Waals surface area contributed by atoms with E-state index in [0.717, 1.165) is 22.3 Å². The van der Waals surface area contributed by atoms with E-state index in [4.69, 9.17) is 0 Å². The first-order chi connectivity index (χ1) is 7.10. The van der Waals surface area contributed by atoms with Crippen LogP contribution >= 0.6 is 0 Å². The van der Waals surface area contributed by atoms with Crippen LogP contribution in [0.25, 0.3) is 5.57 Å². The van der Waals surface area contributed by atoms with Gasteiger partial charge in [0.15, 0.2) is 5.78 Å². The Labute approximate surface area is 91.1 Å². The summed E-state index contributed by atoms with van der Waals surface area (Å²) in [7, 11) is 0. The maximum atomic E-state index is 11.3. The number of carbonyl (C=O) groups excluding carboxylic acids is 1. The number of rotatable bonds is 3. The lowest BCUT2D eigenvalue weighted by molar-refractivity contribution is 0.101. The van der Waals surface area contributed by atoms with Crippen LogP contribution < -0.4 is 0 Å². The summed E-state index contributed by atoms with van der Waals surface area (Å²) >= 11 is 0. The maximum Gasteiger partial charge on any atom is 0.159 e. The van der Waals surface area contributed by atoms with E-state index in [1.165, 1.54) is 0 Å². The second-order valence-electron chi connectivity index (χ2n) is 3.53. The molecule has 0 heterocycles. The highest BCUT2D eigenvalue weighted by Crippen LogP contribution is 2.21. The molecule has 1 aromatic carbocycles. The van der Waals surface area contributed by atoms with Crippen molar-refractivity contribution in [1.29, 1.82) is 0 Å². The Balaban J connectivity index is 3.33. The predicted molar refractivity (Wildman–Crippen MR) is 65.0 cm³/mol. The SMILES string of the molecule is C=C/C(=C\C)c1cc(C(C)=O)ccc1C. The fourth-order valence-electron chi connectivity index (χ4n) is 1.54. The van der Waals surface area contributed by atoms with Crippen LogP contribution in [-0.2, 0) is 0 Å². The fraction of sp³-hybridized carbons (Fsp3) is 0.214. The molecule has 1 heteroatoms. The van der Waals surface area contributed by atoms with Crippen molar-refractivity contribution in [3.05, 3.63) is 53.6 Å². The van der Waals surface area contributed by atoms with Gasteiger partial charge in [0.05, 0.1) is 0 Å². The van der Waals surface area contributed by atoms with Crippen LogP contribution in [0.15, 0.2) is 36.9 Å². The van der Waals surface area contributed by atoms with E-state index in [0.29, 0.717) is 0 Å². The molecule has 1 aromatic rings. The van der Waals surface area contributed by atoms with Gasteiger partial charge in [-0.3, -0.25) is 4.79 Å². The average molecular weight is 200 g/mol. The van der Waals surface area contributed by atoms with Gasteiger partial charge in [-0.2, -0.15) is 0 Å². The molecule has 15 heavy (non-hydrogen) atoms. The Morgan fingerprint density at radius 1 is 1.40 bits per heavy atom. The van der Waals surface area contributed by atoms with E-state index in [2.05, 4.69) is 6.58 Å². The summed E-state index contributed by atoms with van der Waals surface area (Å²) in [5.74, 6) is 0.0933. The molecule has 0 amide bonds. The average Bonchev–Trinajstić information content (AvgIpc) is 2.22. The van der Waals surface area contributed by atoms with Crippen LogP contribution in [0.1, 0.15) is 35.3 Å². The van der Waals surface area contributed by atoms with Gasteiger partial charge in [0.1, 0.15) is 0 Å². The summed E-state index contributed by atoms with van der Waals surface area (Å²) < 4.78 is 0. The lowest BCUT2D eigenvalue weighted by atomic mass is 9.97. The van der Waals surface area contributed by atoms with Crippen molar-refractivity contribution in [2.75, 3.05) is 0 Å². The van der Waals surface area contributed by atoms with Gasteiger partial charge in [-0.15, -0.1) is 0 Å². The Morgan fingerprint density at radius 3 is 2.53 bits per heavy atom. The lowest BCUT2D eigenvalue weighted by Crippen LogP contribution is -1.95. The molecule has 0 saturated carbocycles. The summed E-state index contributed by atoms with van der Waals surface area (Å²) in [4.78, 5) is 11.3. The monoisotopic (exact) mass is 200 g/mol. The molecule has 78 valence electrons. The molecule has 0 unspecified atom stereocenters. The van der Waals surface area contributed by atoms with Crippen LogP contribution in [0.4, 0.5) is 0 Å². The number of benzene rings is 1. The summed E-state index contributed by atoms with van der Waals surface area (Å²) in [6.07, 6.45) is 3.81. The van der Waals surface area contributed by atoms with Crippen LogP contribution in [0.5, 0.6) is 0 Å². The van der Waals surface area contributed by atoms with Gasteiger partial charge in [0, 0.05) is 5.56 Å². The first-order valence-electron chi connectivity index (χ1n) is 5.01. The largest absolute Gasteiger partial charge is 0.295 e. The number of aryl methyl sites for hydroxylation is 1. The highest BCUT2D eigenvalue weighted by atomic mass is 16.1. The van der Waals surface area contributed by atoms with Gasteiger partial charge in [0.2, 0.25) is 0 Å². The van der Waals surface area contributed by atoms with Crippen molar-refractivity contribution in [3.8, 4) is 0 Å². The number of ketones is 1.